The molecule has 1 aromatic rings. The van der Waals surface area contributed by atoms with E-state index in [0.29, 0.717) is 29.6 Å². The summed E-state index contributed by atoms with van der Waals surface area (Å²) in [6.07, 6.45) is 0.361. The molecule has 2 N–H and O–H groups in total. The normalized spacial score (nSPS) is 10.5. The molecular weight excluding hydrogens is 264 g/mol. The molecule has 0 unspecified atom stereocenters. The highest BCUT2D eigenvalue weighted by molar-refractivity contribution is 6.29. The maximum absolute atomic E-state index is 11.7. The van der Waals surface area contributed by atoms with Crippen LogP contribution < -0.4 is 5.73 Å². The van der Waals surface area contributed by atoms with Crippen LogP contribution in [-0.2, 0) is 9.53 Å². The summed E-state index contributed by atoms with van der Waals surface area (Å²) in [5.41, 5.74) is 5.96. The molecular formula is C14H17ClN2O2. The maximum Gasteiger partial charge on any atom is 0.312 e. The van der Waals surface area contributed by atoms with Gasteiger partial charge in [-0.3, -0.25) is 4.79 Å². The molecule has 0 atom stereocenters. The fraction of sp³-hybridized carbons (Fsp3) is 0.429. The Labute approximate surface area is 118 Å². The second-order valence-electron chi connectivity index (χ2n) is 4.65. The average Bonchev–Trinajstić information content (AvgIpc) is 2.33. The van der Waals surface area contributed by atoms with Crippen molar-refractivity contribution in [3.05, 3.63) is 23.0 Å². The van der Waals surface area contributed by atoms with E-state index in [9.17, 15) is 4.79 Å². The number of rotatable bonds is 3. The molecule has 0 aliphatic rings. The minimum Gasteiger partial charge on any atom is -0.466 e. The van der Waals surface area contributed by atoms with Crippen LogP contribution in [0.25, 0.3) is 0 Å². The van der Waals surface area contributed by atoms with Crippen LogP contribution in [0, 0.1) is 17.3 Å². The zero-order chi connectivity index (χ0) is 14.5. The Morgan fingerprint density at radius 3 is 2.84 bits per heavy atom. The van der Waals surface area contributed by atoms with Crippen LogP contribution in [0.2, 0.25) is 5.15 Å². The van der Waals surface area contributed by atoms with Gasteiger partial charge in [0.15, 0.2) is 0 Å². The van der Waals surface area contributed by atoms with Gasteiger partial charge in [-0.1, -0.05) is 17.5 Å². The first kappa shape index (κ1) is 15.3. The number of ether oxygens (including phenoxy) is 1. The van der Waals surface area contributed by atoms with Crippen molar-refractivity contribution in [2.45, 2.75) is 27.2 Å². The molecule has 0 bridgehead atoms. The molecule has 1 heterocycles. The van der Waals surface area contributed by atoms with E-state index >= 15 is 0 Å². The van der Waals surface area contributed by atoms with Gasteiger partial charge in [-0.2, -0.15) is 0 Å². The Kier molecular flexibility index (Phi) is 5.20. The van der Waals surface area contributed by atoms with Crippen molar-refractivity contribution >= 4 is 23.3 Å². The Balaban J connectivity index is 2.79. The van der Waals surface area contributed by atoms with E-state index in [-0.39, 0.29) is 5.97 Å². The van der Waals surface area contributed by atoms with Crippen molar-refractivity contribution in [3.63, 3.8) is 0 Å². The van der Waals surface area contributed by atoms with E-state index in [1.807, 2.05) is 0 Å². The molecule has 0 spiro atoms. The number of aromatic nitrogens is 1. The number of nitrogens with two attached hydrogens (primary N) is 1. The summed E-state index contributed by atoms with van der Waals surface area (Å²) in [5, 5.41) is 0.336. The van der Waals surface area contributed by atoms with Gasteiger partial charge in [0.05, 0.1) is 17.7 Å². The molecule has 0 fully saturated rings. The third kappa shape index (κ3) is 4.46. The minimum absolute atomic E-state index is 0.267. The van der Waals surface area contributed by atoms with Crippen LogP contribution in [0.4, 0.5) is 5.69 Å². The highest BCUT2D eigenvalue weighted by Crippen LogP contribution is 2.21. The van der Waals surface area contributed by atoms with Crippen molar-refractivity contribution in [1.29, 1.82) is 0 Å². The second kappa shape index (κ2) is 6.44. The molecule has 4 nitrogen and oxygen atoms in total. The SMILES string of the molecule is CCOC(=O)C(C)(C)CC#Cc1nc(Cl)ccc1N. The number of nitrogen functional groups attached to an aromatic ring is 1. The van der Waals surface area contributed by atoms with Crippen molar-refractivity contribution in [2.75, 3.05) is 12.3 Å². The van der Waals surface area contributed by atoms with Crippen LogP contribution in [0.1, 0.15) is 32.9 Å². The van der Waals surface area contributed by atoms with E-state index in [0.717, 1.165) is 0 Å². The molecule has 5 heteroatoms. The fourth-order valence-corrected chi connectivity index (χ4v) is 1.44. The van der Waals surface area contributed by atoms with Gasteiger partial charge >= 0.3 is 5.97 Å². The molecule has 1 rings (SSSR count). The first-order valence-electron chi connectivity index (χ1n) is 5.95. The average molecular weight is 281 g/mol. The zero-order valence-corrected chi connectivity index (χ0v) is 12.0. The lowest BCUT2D eigenvalue weighted by Gasteiger charge is -2.18. The number of pyridine rings is 1. The Morgan fingerprint density at radius 1 is 1.53 bits per heavy atom. The Morgan fingerprint density at radius 2 is 2.21 bits per heavy atom. The lowest BCUT2D eigenvalue weighted by molar-refractivity contribution is -0.153. The maximum atomic E-state index is 11.7. The highest BCUT2D eigenvalue weighted by Gasteiger charge is 2.27. The zero-order valence-electron chi connectivity index (χ0n) is 11.3. The number of esters is 1. The minimum atomic E-state index is -0.656. The van der Waals surface area contributed by atoms with Gasteiger partial charge in [-0.15, -0.1) is 0 Å². The van der Waals surface area contributed by atoms with E-state index in [2.05, 4.69) is 16.8 Å². The summed E-state index contributed by atoms with van der Waals surface area (Å²) in [6.45, 7) is 5.71. The molecule has 0 saturated carbocycles. The van der Waals surface area contributed by atoms with Crippen LogP contribution in [-0.4, -0.2) is 17.6 Å². The number of halogens is 1. The van der Waals surface area contributed by atoms with Crippen molar-refractivity contribution in [3.8, 4) is 11.8 Å². The van der Waals surface area contributed by atoms with Crippen LogP contribution in [0.5, 0.6) is 0 Å². The van der Waals surface area contributed by atoms with E-state index in [1.165, 1.54) is 0 Å². The fourth-order valence-electron chi connectivity index (χ4n) is 1.29. The monoisotopic (exact) mass is 280 g/mol. The predicted octanol–water partition coefficient (Wildman–Crippen LogP) is 2.65. The van der Waals surface area contributed by atoms with Gasteiger partial charge in [-0.25, -0.2) is 4.98 Å². The Hall–Kier alpha value is -1.73. The molecule has 0 amide bonds. The molecule has 0 aliphatic carbocycles. The number of hydrogen-bond donors (Lipinski definition) is 1. The van der Waals surface area contributed by atoms with Crippen molar-refractivity contribution < 1.29 is 9.53 Å². The largest absolute Gasteiger partial charge is 0.466 e. The predicted molar refractivity (Wildman–Crippen MR) is 75.6 cm³/mol. The van der Waals surface area contributed by atoms with Gasteiger partial charge in [0, 0.05) is 6.42 Å². The quantitative estimate of drug-likeness (QED) is 0.525. The highest BCUT2D eigenvalue weighted by atomic mass is 35.5. The molecule has 0 saturated heterocycles. The summed E-state index contributed by atoms with van der Waals surface area (Å²) in [7, 11) is 0. The summed E-state index contributed by atoms with van der Waals surface area (Å²) in [5.74, 6) is 5.46. The van der Waals surface area contributed by atoms with Crippen LogP contribution in [0.3, 0.4) is 0 Å². The van der Waals surface area contributed by atoms with Gasteiger partial charge in [-0.05, 0) is 38.8 Å². The summed E-state index contributed by atoms with van der Waals surface area (Å²) >= 11 is 5.77. The van der Waals surface area contributed by atoms with Gasteiger partial charge in [0.1, 0.15) is 10.8 Å². The lowest BCUT2D eigenvalue weighted by Crippen LogP contribution is -2.26. The number of carbonyl (C=O) groups excluding carboxylic acids is 1. The smallest absolute Gasteiger partial charge is 0.312 e. The number of hydrogen-bond acceptors (Lipinski definition) is 4. The van der Waals surface area contributed by atoms with E-state index in [1.54, 1.807) is 32.9 Å². The third-order valence-corrected chi connectivity index (χ3v) is 2.67. The van der Waals surface area contributed by atoms with Gasteiger partial charge in [0.25, 0.3) is 0 Å². The lowest BCUT2D eigenvalue weighted by atomic mass is 9.90. The van der Waals surface area contributed by atoms with Crippen LogP contribution in [0.15, 0.2) is 12.1 Å². The number of nitrogens with zero attached hydrogens (tertiary/aromatic N) is 1. The third-order valence-electron chi connectivity index (χ3n) is 2.46. The van der Waals surface area contributed by atoms with Crippen molar-refractivity contribution in [2.24, 2.45) is 5.41 Å². The Bertz CT molecular complexity index is 530. The topological polar surface area (TPSA) is 65.2 Å². The van der Waals surface area contributed by atoms with E-state index in [4.69, 9.17) is 22.1 Å². The summed E-state index contributed by atoms with van der Waals surface area (Å²) in [4.78, 5) is 15.7. The molecule has 1 aromatic heterocycles. The molecule has 0 radical (unpaired) electrons. The second-order valence-corrected chi connectivity index (χ2v) is 5.04. The first-order chi connectivity index (χ1) is 8.86. The number of anilines is 1. The van der Waals surface area contributed by atoms with Crippen LogP contribution >= 0.6 is 11.6 Å². The van der Waals surface area contributed by atoms with Gasteiger partial charge < -0.3 is 10.5 Å². The summed E-state index contributed by atoms with van der Waals surface area (Å²) < 4.78 is 4.98. The molecule has 102 valence electrons. The molecule has 0 aliphatic heterocycles. The first-order valence-corrected chi connectivity index (χ1v) is 6.32. The summed E-state index contributed by atoms with van der Waals surface area (Å²) in [6, 6.07) is 3.25. The standard InChI is InChI=1S/C14H17ClN2O2/c1-4-19-13(18)14(2,3)9-5-6-11-10(16)7-8-12(15)17-11/h7-8H,4,9,16H2,1-3H3. The van der Waals surface area contributed by atoms with E-state index < -0.39 is 5.41 Å². The van der Waals surface area contributed by atoms with Gasteiger partial charge in [0.2, 0.25) is 0 Å². The molecule has 19 heavy (non-hydrogen) atoms. The molecule has 0 aromatic carbocycles. The number of carbonyl (C=O) groups is 1. The van der Waals surface area contributed by atoms with Crippen molar-refractivity contribution in [1.82, 2.24) is 4.98 Å².